The first-order chi connectivity index (χ1) is 9.61. The molecular weight excluding hydrogens is 280 g/mol. The van der Waals surface area contributed by atoms with Gasteiger partial charge in [0.25, 0.3) is 0 Å². The van der Waals surface area contributed by atoms with E-state index in [1.165, 1.54) is 31.0 Å². The van der Waals surface area contributed by atoms with Crippen LogP contribution in [0.1, 0.15) is 18.4 Å². The van der Waals surface area contributed by atoms with Gasteiger partial charge in [0.15, 0.2) is 0 Å². The lowest BCUT2D eigenvalue weighted by Gasteiger charge is -2.08. The molecule has 104 valence electrons. The molecule has 1 aliphatic carbocycles. The van der Waals surface area contributed by atoms with Crippen LogP contribution in [0.25, 0.3) is 11.1 Å². The van der Waals surface area contributed by atoms with E-state index in [-0.39, 0.29) is 5.82 Å². The van der Waals surface area contributed by atoms with Crippen molar-refractivity contribution in [1.29, 1.82) is 0 Å². The zero-order chi connectivity index (χ0) is 14.1. The first-order valence-corrected chi connectivity index (χ1v) is 6.98. The van der Waals surface area contributed by atoms with Crippen LogP contribution in [-0.4, -0.2) is 6.04 Å². The molecule has 3 rings (SSSR count). The molecule has 0 aliphatic heterocycles. The summed E-state index contributed by atoms with van der Waals surface area (Å²) in [4.78, 5) is 0. The van der Waals surface area contributed by atoms with E-state index < -0.39 is 5.82 Å². The zero-order valence-electron chi connectivity index (χ0n) is 10.8. The normalized spacial score (nSPS) is 14.6. The summed E-state index contributed by atoms with van der Waals surface area (Å²) in [6.07, 6.45) is 2.34. The van der Waals surface area contributed by atoms with Crippen LogP contribution >= 0.6 is 11.6 Å². The summed E-state index contributed by atoms with van der Waals surface area (Å²) in [5, 5.41) is 3.58. The van der Waals surface area contributed by atoms with Crippen molar-refractivity contribution in [2.24, 2.45) is 0 Å². The minimum Gasteiger partial charge on any atom is -0.310 e. The van der Waals surface area contributed by atoms with E-state index in [4.69, 9.17) is 11.6 Å². The fourth-order valence-corrected chi connectivity index (χ4v) is 2.35. The Hall–Kier alpha value is -1.45. The van der Waals surface area contributed by atoms with Gasteiger partial charge in [0, 0.05) is 23.2 Å². The molecule has 0 spiro atoms. The van der Waals surface area contributed by atoms with Crippen LogP contribution in [0.4, 0.5) is 8.78 Å². The van der Waals surface area contributed by atoms with Gasteiger partial charge in [-0.3, -0.25) is 0 Å². The van der Waals surface area contributed by atoms with Crippen molar-refractivity contribution in [3.05, 3.63) is 58.6 Å². The molecule has 1 N–H and O–H groups in total. The standard InChI is InChI=1S/C16H14ClF2N/c17-13-5-12(6-14(18)8-13)10-1-2-11(16(19)7-10)9-20-15-3-4-15/h1-2,5-8,15,20H,3-4,9H2. The van der Waals surface area contributed by atoms with Crippen molar-refractivity contribution >= 4 is 11.6 Å². The molecule has 4 heteroatoms. The van der Waals surface area contributed by atoms with Crippen molar-refractivity contribution in [3.8, 4) is 11.1 Å². The Balaban J connectivity index is 1.84. The molecular formula is C16H14ClF2N. The van der Waals surface area contributed by atoms with E-state index in [1.54, 1.807) is 18.2 Å². The molecule has 1 aliphatic rings. The maximum Gasteiger partial charge on any atom is 0.128 e. The Labute approximate surface area is 121 Å². The first kappa shape index (κ1) is 13.5. The average molecular weight is 294 g/mol. The number of rotatable bonds is 4. The van der Waals surface area contributed by atoms with Gasteiger partial charge in [-0.15, -0.1) is 0 Å². The van der Waals surface area contributed by atoms with E-state index in [0.29, 0.717) is 34.3 Å². The third-order valence-electron chi connectivity index (χ3n) is 3.41. The molecule has 0 atom stereocenters. The van der Waals surface area contributed by atoms with E-state index in [0.717, 1.165) is 0 Å². The van der Waals surface area contributed by atoms with Crippen LogP contribution in [0.5, 0.6) is 0 Å². The summed E-state index contributed by atoms with van der Waals surface area (Å²) in [7, 11) is 0. The Kier molecular flexibility index (Phi) is 3.72. The minimum absolute atomic E-state index is 0.281. The van der Waals surface area contributed by atoms with Gasteiger partial charge in [0.05, 0.1) is 0 Å². The molecule has 2 aromatic rings. The van der Waals surface area contributed by atoms with Gasteiger partial charge in [-0.1, -0.05) is 23.7 Å². The maximum atomic E-state index is 14.0. The predicted molar refractivity (Wildman–Crippen MR) is 76.7 cm³/mol. The molecule has 0 aromatic heterocycles. The third-order valence-corrected chi connectivity index (χ3v) is 3.63. The molecule has 2 aromatic carbocycles. The van der Waals surface area contributed by atoms with Crippen molar-refractivity contribution in [1.82, 2.24) is 5.32 Å². The van der Waals surface area contributed by atoms with Crippen LogP contribution < -0.4 is 5.32 Å². The number of nitrogens with one attached hydrogen (secondary N) is 1. The highest BCUT2D eigenvalue weighted by molar-refractivity contribution is 6.30. The van der Waals surface area contributed by atoms with Crippen LogP contribution in [0, 0.1) is 11.6 Å². The second-order valence-corrected chi connectivity index (χ2v) is 5.56. The Morgan fingerprint density at radius 2 is 1.85 bits per heavy atom. The number of hydrogen-bond donors (Lipinski definition) is 1. The number of halogens is 3. The fraction of sp³-hybridized carbons (Fsp3) is 0.250. The molecule has 20 heavy (non-hydrogen) atoms. The van der Waals surface area contributed by atoms with E-state index >= 15 is 0 Å². The Morgan fingerprint density at radius 1 is 1.05 bits per heavy atom. The summed E-state index contributed by atoms with van der Waals surface area (Å²) in [6, 6.07) is 9.70. The molecule has 0 heterocycles. The molecule has 1 fully saturated rings. The van der Waals surface area contributed by atoms with E-state index in [1.807, 2.05) is 0 Å². The van der Waals surface area contributed by atoms with Gasteiger partial charge in [-0.05, 0) is 48.2 Å². The molecule has 0 bridgehead atoms. The van der Waals surface area contributed by atoms with Gasteiger partial charge >= 0.3 is 0 Å². The van der Waals surface area contributed by atoms with Gasteiger partial charge < -0.3 is 5.32 Å². The molecule has 0 saturated heterocycles. The second kappa shape index (κ2) is 5.51. The highest BCUT2D eigenvalue weighted by atomic mass is 35.5. The van der Waals surface area contributed by atoms with Gasteiger partial charge in [-0.25, -0.2) is 8.78 Å². The average Bonchev–Trinajstić information content (AvgIpc) is 3.20. The van der Waals surface area contributed by atoms with E-state index in [2.05, 4.69) is 5.32 Å². The predicted octanol–water partition coefficient (Wildman–Crippen LogP) is 4.54. The largest absolute Gasteiger partial charge is 0.310 e. The van der Waals surface area contributed by atoms with Gasteiger partial charge in [-0.2, -0.15) is 0 Å². The summed E-state index contributed by atoms with van der Waals surface area (Å²) in [5.41, 5.74) is 1.83. The Bertz CT molecular complexity index is 618. The van der Waals surface area contributed by atoms with Crippen molar-refractivity contribution in [3.63, 3.8) is 0 Å². The van der Waals surface area contributed by atoms with E-state index in [9.17, 15) is 8.78 Å². The smallest absolute Gasteiger partial charge is 0.128 e. The van der Waals surface area contributed by atoms with Gasteiger partial charge in [0.2, 0.25) is 0 Å². The van der Waals surface area contributed by atoms with Crippen molar-refractivity contribution < 1.29 is 8.78 Å². The van der Waals surface area contributed by atoms with Crippen LogP contribution in [-0.2, 0) is 6.54 Å². The number of benzene rings is 2. The SMILES string of the molecule is Fc1cc(Cl)cc(-c2ccc(CNC3CC3)c(F)c2)c1. The molecule has 0 amide bonds. The summed E-state index contributed by atoms with van der Waals surface area (Å²) >= 11 is 5.82. The molecule has 0 unspecified atom stereocenters. The fourth-order valence-electron chi connectivity index (χ4n) is 2.13. The topological polar surface area (TPSA) is 12.0 Å². The van der Waals surface area contributed by atoms with Crippen LogP contribution in [0.3, 0.4) is 0 Å². The zero-order valence-corrected chi connectivity index (χ0v) is 11.6. The highest BCUT2D eigenvalue weighted by Crippen LogP contribution is 2.26. The monoisotopic (exact) mass is 293 g/mol. The number of hydrogen-bond acceptors (Lipinski definition) is 1. The quantitative estimate of drug-likeness (QED) is 0.873. The Morgan fingerprint density at radius 3 is 2.50 bits per heavy atom. The first-order valence-electron chi connectivity index (χ1n) is 6.60. The van der Waals surface area contributed by atoms with Gasteiger partial charge in [0.1, 0.15) is 11.6 Å². The van der Waals surface area contributed by atoms with Crippen LogP contribution in [0.15, 0.2) is 36.4 Å². The lowest BCUT2D eigenvalue weighted by molar-refractivity contribution is 0.587. The van der Waals surface area contributed by atoms with Crippen molar-refractivity contribution in [2.45, 2.75) is 25.4 Å². The maximum absolute atomic E-state index is 14.0. The lowest BCUT2D eigenvalue weighted by Crippen LogP contribution is -2.16. The second-order valence-electron chi connectivity index (χ2n) is 5.12. The summed E-state index contributed by atoms with van der Waals surface area (Å²) in [6.45, 7) is 0.528. The molecule has 1 saturated carbocycles. The molecule has 1 nitrogen and oxygen atoms in total. The minimum atomic E-state index is -0.424. The summed E-state index contributed by atoms with van der Waals surface area (Å²) < 4.78 is 27.4. The van der Waals surface area contributed by atoms with Crippen LogP contribution in [0.2, 0.25) is 5.02 Å². The lowest BCUT2D eigenvalue weighted by atomic mass is 10.0. The highest BCUT2D eigenvalue weighted by Gasteiger charge is 2.20. The molecule has 0 radical (unpaired) electrons. The third kappa shape index (κ3) is 3.17. The summed E-state index contributed by atoms with van der Waals surface area (Å²) in [5.74, 6) is -0.705. The van der Waals surface area contributed by atoms with Crippen molar-refractivity contribution in [2.75, 3.05) is 0 Å².